The first-order valence-corrected chi connectivity index (χ1v) is 7.50. The predicted octanol–water partition coefficient (Wildman–Crippen LogP) is 0.706. The lowest BCUT2D eigenvalue weighted by molar-refractivity contribution is -0.192. The van der Waals surface area contributed by atoms with Crippen LogP contribution in [0.5, 0.6) is 0 Å². The SMILES string of the molecule is CN(C)c1ccc(C(=O)N2CCOCC2C(=O)O)cn1.O=C(O)C(F)(F)F. The molecule has 150 valence electrons. The van der Waals surface area contributed by atoms with Crippen molar-refractivity contribution in [3.05, 3.63) is 23.9 Å². The number of pyridine rings is 1. The second-order valence-corrected chi connectivity index (χ2v) is 5.53. The van der Waals surface area contributed by atoms with Gasteiger partial charge in [-0.2, -0.15) is 13.2 Å². The third-order valence-electron chi connectivity index (χ3n) is 3.37. The Morgan fingerprint density at radius 2 is 1.85 bits per heavy atom. The Morgan fingerprint density at radius 1 is 1.26 bits per heavy atom. The van der Waals surface area contributed by atoms with E-state index >= 15 is 0 Å². The van der Waals surface area contributed by atoms with Crippen molar-refractivity contribution in [3.63, 3.8) is 0 Å². The van der Waals surface area contributed by atoms with Crippen molar-refractivity contribution in [2.45, 2.75) is 12.2 Å². The molecule has 1 saturated heterocycles. The lowest BCUT2D eigenvalue weighted by Gasteiger charge is -2.32. The normalized spacial score (nSPS) is 16.8. The fraction of sp³-hybridized carbons (Fsp3) is 0.467. The lowest BCUT2D eigenvalue weighted by atomic mass is 10.1. The summed E-state index contributed by atoms with van der Waals surface area (Å²) in [5.74, 6) is -3.42. The van der Waals surface area contributed by atoms with Crippen LogP contribution < -0.4 is 4.90 Å². The Hall–Kier alpha value is -2.89. The molecule has 1 aliphatic rings. The smallest absolute Gasteiger partial charge is 0.480 e. The molecule has 2 N–H and O–H groups in total. The van der Waals surface area contributed by atoms with Crippen molar-refractivity contribution in [1.29, 1.82) is 0 Å². The molecular formula is C15H18F3N3O6. The maximum absolute atomic E-state index is 12.3. The van der Waals surface area contributed by atoms with Gasteiger partial charge < -0.3 is 24.7 Å². The van der Waals surface area contributed by atoms with E-state index in [1.807, 2.05) is 19.0 Å². The van der Waals surface area contributed by atoms with Gasteiger partial charge in [0.15, 0.2) is 6.04 Å². The molecule has 2 rings (SSSR count). The average molecular weight is 393 g/mol. The number of alkyl halides is 3. The summed E-state index contributed by atoms with van der Waals surface area (Å²) in [7, 11) is 3.71. The van der Waals surface area contributed by atoms with E-state index in [9.17, 15) is 22.8 Å². The zero-order valence-electron chi connectivity index (χ0n) is 14.4. The van der Waals surface area contributed by atoms with E-state index in [1.165, 1.54) is 11.1 Å². The molecule has 0 aliphatic carbocycles. The van der Waals surface area contributed by atoms with Crippen molar-refractivity contribution in [2.24, 2.45) is 0 Å². The van der Waals surface area contributed by atoms with E-state index in [-0.39, 0.29) is 19.1 Å². The highest BCUT2D eigenvalue weighted by molar-refractivity contribution is 5.96. The Bertz CT molecular complexity index is 678. The summed E-state index contributed by atoms with van der Waals surface area (Å²) in [5, 5.41) is 16.3. The number of hydrogen-bond acceptors (Lipinski definition) is 6. The predicted molar refractivity (Wildman–Crippen MR) is 85.5 cm³/mol. The Kier molecular flexibility index (Phi) is 7.52. The molecule has 1 unspecified atom stereocenters. The number of nitrogens with zero attached hydrogens (tertiary/aromatic N) is 3. The molecule has 12 heteroatoms. The number of hydrogen-bond donors (Lipinski definition) is 2. The van der Waals surface area contributed by atoms with Gasteiger partial charge >= 0.3 is 18.1 Å². The number of rotatable bonds is 3. The van der Waals surface area contributed by atoms with Crippen molar-refractivity contribution >= 4 is 23.7 Å². The third-order valence-corrected chi connectivity index (χ3v) is 3.37. The van der Waals surface area contributed by atoms with Crippen molar-refractivity contribution in [3.8, 4) is 0 Å². The van der Waals surface area contributed by atoms with E-state index in [0.29, 0.717) is 12.2 Å². The molecule has 0 spiro atoms. The summed E-state index contributed by atoms with van der Waals surface area (Å²) in [4.78, 5) is 39.7. The summed E-state index contributed by atoms with van der Waals surface area (Å²) in [6, 6.07) is 2.44. The van der Waals surface area contributed by atoms with Gasteiger partial charge in [-0.15, -0.1) is 0 Å². The van der Waals surface area contributed by atoms with Crippen LogP contribution in [0, 0.1) is 0 Å². The number of aromatic nitrogens is 1. The first kappa shape index (κ1) is 22.2. The van der Waals surface area contributed by atoms with Crippen LogP contribution in [-0.2, 0) is 14.3 Å². The van der Waals surface area contributed by atoms with Crippen LogP contribution in [0.3, 0.4) is 0 Å². The summed E-state index contributed by atoms with van der Waals surface area (Å²) in [6.07, 6.45) is -3.62. The molecular weight excluding hydrogens is 375 g/mol. The van der Waals surface area contributed by atoms with Gasteiger partial charge in [-0.05, 0) is 12.1 Å². The number of carbonyl (C=O) groups is 3. The first-order valence-electron chi connectivity index (χ1n) is 7.50. The van der Waals surface area contributed by atoms with E-state index < -0.39 is 24.2 Å². The van der Waals surface area contributed by atoms with E-state index in [4.69, 9.17) is 19.7 Å². The number of aliphatic carboxylic acids is 2. The average Bonchev–Trinajstić information content (AvgIpc) is 2.60. The van der Waals surface area contributed by atoms with Gasteiger partial charge in [0.1, 0.15) is 5.82 Å². The van der Waals surface area contributed by atoms with Crippen LogP contribution in [0.4, 0.5) is 19.0 Å². The topological polar surface area (TPSA) is 120 Å². The highest BCUT2D eigenvalue weighted by Crippen LogP contribution is 2.15. The molecule has 1 atom stereocenters. The number of carboxylic acid groups (broad SMARTS) is 2. The monoisotopic (exact) mass is 393 g/mol. The van der Waals surface area contributed by atoms with Crippen molar-refractivity contribution < 1.29 is 42.5 Å². The van der Waals surface area contributed by atoms with Crippen LogP contribution in [0.25, 0.3) is 0 Å². The molecule has 1 amide bonds. The Labute approximate surface area is 152 Å². The first-order chi connectivity index (χ1) is 12.4. The lowest BCUT2D eigenvalue weighted by Crippen LogP contribution is -2.52. The molecule has 27 heavy (non-hydrogen) atoms. The number of halogens is 3. The summed E-state index contributed by atoms with van der Waals surface area (Å²) >= 11 is 0. The van der Waals surface area contributed by atoms with Crippen LogP contribution in [0.1, 0.15) is 10.4 Å². The van der Waals surface area contributed by atoms with Gasteiger partial charge in [0.25, 0.3) is 5.91 Å². The van der Waals surface area contributed by atoms with Gasteiger partial charge in [0, 0.05) is 26.8 Å². The Balaban J connectivity index is 0.000000445. The standard InChI is InChI=1S/C13H17N3O4.C2HF3O2/c1-15(2)11-4-3-9(7-14-11)12(17)16-5-6-20-8-10(16)13(18)19;3-2(4,5)1(6)7/h3-4,7,10H,5-6,8H2,1-2H3,(H,18,19);(H,6,7). The highest BCUT2D eigenvalue weighted by Gasteiger charge is 2.38. The molecule has 1 aromatic rings. The van der Waals surface area contributed by atoms with E-state index in [0.717, 1.165) is 5.82 Å². The van der Waals surface area contributed by atoms with Crippen LogP contribution in [-0.4, -0.2) is 84.0 Å². The van der Waals surface area contributed by atoms with Gasteiger partial charge in [-0.1, -0.05) is 0 Å². The maximum Gasteiger partial charge on any atom is 0.490 e. The van der Waals surface area contributed by atoms with Gasteiger partial charge in [-0.25, -0.2) is 14.6 Å². The maximum atomic E-state index is 12.3. The van der Waals surface area contributed by atoms with Crippen molar-refractivity contribution in [2.75, 3.05) is 38.8 Å². The summed E-state index contributed by atoms with van der Waals surface area (Å²) in [5.41, 5.74) is 0.378. The molecule has 9 nitrogen and oxygen atoms in total. The fourth-order valence-electron chi connectivity index (χ4n) is 1.99. The molecule has 0 saturated carbocycles. The highest BCUT2D eigenvalue weighted by atomic mass is 19.4. The van der Waals surface area contributed by atoms with E-state index in [1.54, 1.807) is 12.1 Å². The molecule has 0 aromatic carbocycles. The Morgan fingerprint density at radius 3 is 2.26 bits per heavy atom. The zero-order chi connectivity index (χ0) is 20.8. The third kappa shape index (κ3) is 6.40. The number of anilines is 1. The van der Waals surface area contributed by atoms with Crippen molar-refractivity contribution in [1.82, 2.24) is 9.88 Å². The minimum absolute atomic E-state index is 0.0181. The zero-order valence-corrected chi connectivity index (χ0v) is 14.4. The van der Waals surface area contributed by atoms with E-state index in [2.05, 4.69) is 4.98 Å². The number of carbonyl (C=O) groups excluding carboxylic acids is 1. The minimum Gasteiger partial charge on any atom is -0.480 e. The summed E-state index contributed by atoms with van der Waals surface area (Å²) in [6.45, 7) is 0.633. The van der Waals surface area contributed by atoms with Gasteiger partial charge in [0.2, 0.25) is 0 Å². The largest absolute Gasteiger partial charge is 0.490 e. The number of morpholine rings is 1. The van der Waals surface area contributed by atoms with Crippen LogP contribution in [0.15, 0.2) is 18.3 Å². The second kappa shape index (κ2) is 9.16. The fourth-order valence-corrected chi connectivity index (χ4v) is 1.99. The quantitative estimate of drug-likeness (QED) is 0.770. The number of amides is 1. The molecule has 0 radical (unpaired) electrons. The molecule has 1 aliphatic heterocycles. The second-order valence-electron chi connectivity index (χ2n) is 5.53. The molecule has 1 aromatic heterocycles. The molecule has 1 fully saturated rings. The summed E-state index contributed by atoms with van der Waals surface area (Å²) < 4.78 is 36.8. The number of ether oxygens (including phenoxy) is 1. The number of carboxylic acids is 2. The molecule has 0 bridgehead atoms. The van der Waals surface area contributed by atoms with Gasteiger partial charge in [0.05, 0.1) is 18.8 Å². The molecule has 2 heterocycles. The van der Waals surface area contributed by atoms with Crippen LogP contribution >= 0.6 is 0 Å². The van der Waals surface area contributed by atoms with Gasteiger partial charge in [-0.3, -0.25) is 4.79 Å². The van der Waals surface area contributed by atoms with Crippen LogP contribution in [0.2, 0.25) is 0 Å². The minimum atomic E-state index is -5.08.